The summed E-state index contributed by atoms with van der Waals surface area (Å²) in [6.07, 6.45) is 0.406. The molecule has 0 radical (unpaired) electrons. The average Bonchev–Trinajstić information content (AvgIpc) is 2.64. The maximum Gasteiger partial charge on any atom is 0.307 e. The lowest BCUT2D eigenvalue weighted by Crippen LogP contribution is -2.47. The van der Waals surface area contributed by atoms with Crippen LogP contribution in [0.1, 0.15) is 27.2 Å². The van der Waals surface area contributed by atoms with E-state index in [1.807, 2.05) is 13.0 Å². The number of hydrogen-bond acceptors (Lipinski definition) is 5. The molecule has 1 aromatic rings. The van der Waals surface area contributed by atoms with Gasteiger partial charge in [-0.25, -0.2) is 0 Å². The van der Waals surface area contributed by atoms with Crippen LogP contribution in [0.3, 0.4) is 0 Å². The second-order valence-electron chi connectivity index (χ2n) is 7.14. The van der Waals surface area contributed by atoms with Crippen LogP contribution in [0.25, 0.3) is 0 Å². The summed E-state index contributed by atoms with van der Waals surface area (Å²) in [5.74, 6) is 0.359. The number of ether oxygens (including phenoxy) is 2. The van der Waals surface area contributed by atoms with E-state index in [1.54, 1.807) is 0 Å². The summed E-state index contributed by atoms with van der Waals surface area (Å²) in [4.78, 5) is 16.6. The number of piperazine rings is 1. The normalized spacial score (nSPS) is 16.9. The van der Waals surface area contributed by atoms with Gasteiger partial charge in [0.05, 0.1) is 12.5 Å². The van der Waals surface area contributed by atoms with Crippen LogP contribution < -0.4 is 4.90 Å². The van der Waals surface area contributed by atoms with Gasteiger partial charge in [0.15, 0.2) is 0 Å². The monoisotopic (exact) mass is 348 g/mol. The molecule has 0 aliphatic carbocycles. The lowest BCUT2D eigenvalue weighted by molar-refractivity contribution is -0.148. The highest BCUT2D eigenvalue weighted by atomic mass is 16.6. The molecule has 0 bridgehead atoms. The fourth-order valence-corrected chi connectivity index (χ4v) is 2.81. The summed E-state index contributed by atoms with van der Waals surface area (Å²) >= 11 is 0. The van der Waals surface area contributed by atoms with Gasteiger partial charge in [0.2, 0.25) is 0 Å². The van der Waals surface area contributed by atoms with E-state index in [0.717, 1.165) is 32.7 Å². The van der Waals surface area contributed by atoms with Crippen LogP contribution in [-0.4, -0.2) is 62.9 Å². The molecule has 1 saturated heterocycles. The Labute approximate surface area is 151 Å². The third kappa shape index (κ3) is 7.45. The second kappa shape index (κ2) is 10.4. The third-order valence-corrected chi connectivity index (χ3v) is 4.32. The van der Waals surface area contributed by atoms with Crippen LogP contribution in [0, 0.1) is 5.92 Å². The van der Waals surface area contributed by atoms with Crippen LogP contribution in [0.4, 0.5) is 5.69 Å². The molecule has 1 heterocycles. The molecule has 1 atom stereocenters. The van der Waals surface area contributed by atoms with Crippen molar-refractivity contribution in [3.63, 3.8) is 0 Å². The van der Waals surface area contributed by atoms with E-state index in [1.165, 1.54) is 5.69 Å². The Bertz CT molecular complexity index is 499. The molecule has 1 aliphatic rings. The van der Waals surface area contributed by atoms with Crippen molar-refractivity contribution >= 4 is 11.7 Å². The first-order valence-electron chi connectivity index (χ1n) is 9.34. The summed E-state index contributed by atoms with van der Waals surface area (Å²) in [6, 6.07) is 10.5. The van der Waals surface area contributed by atoms with Crippen molar-refractivity contribution in [3.05, 3.63) is 30.3 Å². The summed E-state index contributed by atoms with van der Waals surface area (Å²) in [5, 5.41) is 0. The van der Waals surface area contributed by atoms with Gasteiger partial charge in [-0.05, 0) is 25.0 Å². The van der Waals surface area contributed by atoms with E-state index in [4.69, 9.17) is 9.47 Å². The fraction of sp³-hybridized carbons (Fsp3) is 0.650. The van der Waals surface area contributed by atoms with E-state index in [9.17, 15) is 4.79 Å². The van der Waals surface area contributed by atoms with Gasteiger partial charge in [0, 0.05) is 45.0 Å². The van der Waals surface area contributed by atoms with Crippen molar-refractivity contribution in [2.75, 3.05) is 50.8 Å². The average molecular weight is 348 g/mol. The molecule has 0 saturated carbocycles. The molecular weight excluding hydrogens is 316 g/mol. The topological polar surface area (TPSA) is 42.0 Å². The van der Waals surface area contributed by atoms with Gasteiger partial charge >= 0.3 is 5.97 Å². The summed E-state index contributed by atoms with van der Waals surface area (Å²) in [5.41, 5.74) is 1.27. The minimum absolute atomic E-state index is 0.0410. The van der Waals surface area contributed by atoms with Gasteiger partial charge in [0.25, 0.3) is 0 Å². The van der Waals surface area contributed by atoms with Crippen molar-refractivity contribution < 1.29 is 14.3 Å². The number of carbonyl (C=O) groups excluding carboxylic acids is 1. The van der Waals surface area contributed by atoms with E-state index in [-0.39, 0.29) is 12.1 Å². The Kier molecular flexibility index (Phi) is 8.22. The van der Waals surface area contributed by atoms with Crippen molar-refractivity contribution in [3.8, 4) is 0 Å². The molecule has 0 amide bonds. The molecule has 140 valence electrons. The highest BCUT2D eigenvalue weighted by molar-refractivity contribution is 5.69. The largest absolute Gasteiger partial charge is 0.463 e. The number of para-hydroxylation sites is 1. The molecule has 0 N–H and O–H groups in total. The quantitative estimate of drug-likeness (QED) is 0.642. The molecule has 1 aliphatic heterocycles. The number of nitrogens with zero attached hydrogens (tertiary/aromatic N) is 2. The van der Waals surface area contributed by atoms with Crippen LogP contribution in [0.5, 0.6) is 0 Å². The molecule has 25 heavy (non-hydrogen) atoms. The van der Waals surface area contributed by atoms with Crippen molar-refractivity contribution in [1.82, 2.24) is 4.90 Å². The summed E-state index contributed by atoms with van der Waals surface area (Å²) < 4.78 is 10.9. The second-order valence-corrected chi connectivity index (χ2v) is 7.14. The SMILES string of the molecule is CC(C)COC(C)COC(=O)CCN1CCN(c2ccccc2)CC1. The van der Waals surface area contributed by atoms with Crippen LogP contribution >= 0.6 is 0 Å². The maximum atomic E-state index is 11.9. The number of anilines is 1. The van der Waals surface area contributed by atoms with Gasteiger partial charge in [-0.15, -0.1) is 0 Å². The zero-order valence-corrected chi connectivity index (χ0v) is 15.8. The highest BCUT2D eigenvalue weighted by Crippen LogP contribution is 2.15. The zero-order chi connectivity index (χ0) is 18.1. The third-order valence-electron chi connectivity index (χ3n) is 4.32. The fourth-order valence-electron chi connectivity index (χ4n) is 2.81. The number of hydrogen-bond donors (Lipinski definition) is 0. The number of rotatable bonds is 9. The van der Waals surface area contributed by atoms with Gasteiger partial charge < -0.3 is 14.4 Å². The molecule has 0 aromatic heterocycles. The first kappa shape index (κ1) is 19.7. The molecule has 2 rings (SSSR count). The minimum atomic E-state index is -0.134. The van der Waals surface area contributed by atoms with E-state index >= 15 is 0 Å². The number of esters is 1. The summed E-state index contributed by atoms with van der Waals surface area (Å²) in [6.45, 7) is 11.9. The minimum Gasteiger partial charge on any atom is -0.463 e. The Hall–Kier alpha value is -1.59. The van der Waals surface area contributed by atoms with E-state index in [0.29, 0.717) is 25.6 Å². The van der Waals surface area contributed by atoms with E-state index in [2.05, 4.69) is 47.9 Å². The number of carbonyl (C=O) groups is 1. The predicted octanol–water partition coefficient (Wildman–Crippen LogP) is 2.80. The van der Waals surface area contributed by atoms with Crippen molar-refractivity contribution in [2.45, 2.75) is 33.3 Å². The molecule has 1 unspecified atom stereocenters. The Morgan fingerprint density at radius 2 is 1.72 bits per heavy atom. The molecule has 0 spiro atoms. The Morgan fingerprint density at radius 1 is 1.04 bits per heavy atom. The Morgan fingerprint density at radius 3 is 2.36 bits per heavy atom. The lowest BCUT2D eigenvalue weighted by atomic mass is 10.2. The van der Waals surface area contributed by atoms with Crippen LogP contribution in [-0.2, 0) is 14.3 Å². The molecular formula is C20H32N2O3. The van der Waals surface area contributed by atoms with Gasteiger partial charge in [-0.2, -0.15) is 0 Å². The first-order chi connectivity index (χ1) is 12.0. The standard InChI is InChI=1S/C20H32N2O3/c1-17(2)15-24-18(3)16-25-20(23)9-10-21-11-13-22(14-12-21)19-7-5-4-6-8-19/h4-8,17-18H,9-16H2,1-3H3. The van der Waals surface area contributed by atoms with Gasteiger partial charge in [0.1, 0.15) is 6.61 Å². The molecule has 1 fully saturated rings. The maximum absolute atomic E-state index is 11.9. The molecule has 5 nitrogen and oxygen atoms in total. The molecule has 1 aromatic carbocycles. The van der Waals surface area contributed by atoms with Gasteiger partial charge in [-0.3, -0.25) is 9.69 Å². The first-order valence-corrected chi connectivity index (χ1v) is 9.34. The molecule has 5 heteroatoms. The number of benzene rings is 1. The van der Waals surface area contributed by atoms with E-state index < -0.39 is 0 Å². The Balaban J connectivity index is 1.58. The van der Waals surface area contributed by atoms with Crippen molar-refractivity contribution in [1.29, 1.82) is 0 Å². The highest BCUT2D eigenvalue weighted by Gasteiger charge is 2.18. The van der Waals surface area contributed by atoms with Crippen molar-refractivity contribution in [2.24, 2.45) is 5.92 Å². The smallest absolute Gasteiger partial charge is 0.307 e. The van der Waals surface area contributed by atoms with Crippen LogP contribution in [0.2, 0.25) is 0 Å². The zero-order valence-electron chi connectivity index (χ0n) is 15.8. The lowest BCUT2D eigenvalue weighted by Gasteiger charge is -2.36. The van der Waals surface area contributed by atoms with Gasteiger partial charge in [-0.1, -0.05) is 32.0 Å². The predicted molar refractivity (Wildman–Crippen MR) is 101 cm³/mol. The summed E-state index contributed by atoms with van der Waals surface area (Å²) in [7, 11) is 0. The van der Waals surface area contributed by atoms with Crippen LogP contribution in [0.15, 0.2) is 30.3 Å².